The molecule has 0 fully saturated rings. The second kappa shape index (κ2) is 9.62. The Morgan fingerprint density at radius 1 is 0.968 bits per heavy atom. The summed E-state index contributed by atoms with van der Waals surface area (Å²) in [5.74, 6) is 1.36. The lowest BCUT2D eigenvalue weighted by Gasteiger charge is -2.13. The summed E-state index contributed by atoms with van der Waals surface area (Å²) in [4.78, 5) is 12.5. The highest BCUT2D eigenvalue weighted by Crippen LogP contribution is 2.24. The maximum atomic E-state index is 12.5. The van der Waals surface area contributed by atoms with E-state index in [9.17, 15) is 4.79 Å². The Balaban J connectivity index is 1.32. The molecule has 6 heteroatoms. The van der Waals surface area contributed by atoms with Gasteiger partial charge in [-0.25, -0.2) is 0 Å². The van der Waals surface area contributed by atoms with Crippen molar-refractivity contribution in [1.82, 2.24) is 15.5 Å². The van der Waals surface area contributed by atoms with Crippen molar-refractivity contribution < 1.29 is 9.21 Å². The molecule has 1 atom stereocenters. The molecule has 0 unspecified atom stereocenters. The number of hydrogen-bond acceptors (Lipinski definition) is 5. The van der Waals surface area contributed by atoms with Gasteiger partial charge in [0.2, 0.25) is 0 Å². The van der Waals surface area contributed by atoms with Crippen LogP contribution in [0.25, 0.3) is 11.3 Å². The zero-order valence-electron chi connectivity index (χ0n) is 17.4. The van der Waals surface area contributed by atoms with E-state index in [1.54, 1.807) is 6.07 Å². The molecule has 31 heavy (non-hydrogen) atoms. The van der Waals surface area contributed by atoms with Gasteiger partial charge in [-0.2, -0.15) is 0 Å². The van der Waals surface area contributed by atoms with Gasteiger partial charge in [-0.3, -0.25) is 4.79 Å². The summed E-state index contributed by atoms with van der Waals surface area (Å²) < 4.78 is 5.73. The summed E-state index contributed by atoms with van der Waals surface area (Å²) in [5.41, 5.74) is 4.14. The smallest absolute Gasteiger partial charge is 0.287 e. The third kappa shape index (κ3) is 5.41. The summed E-state index contributed by atoms with van der Waals surface area (Å²) in [7, 11) is 0. The van der Waals surface area contributed by atoms with Crippen LogP contribution in [0, 0.1) is 6.92 Å². The number of carbonyl (C=O) groups excluding carboxylic acids is 1. The number of benzene rings is 2. The second-order valence-electron chi connectivity index (χ2n) is 7.28. The number of aryl methyl sites for hydroxylation is 1. The SMILES string of the molecule is Cc1ccc(-c2ccc(SCc3ccc(C(=O)N[C@H](C)c4ccccc4)o3)nn2)cc1. The molecule has 1 amide bonds. The van der Waals surface area contributed by atoms with E-state index in [2.05, 4.69) is 34.6 Å². The monoisotopic (exact) mass is 429 g/mol. The number of carbonyl (C=O) groups is 1. The van der Waals surface area contributed by atoms with Crippen LogP contribution in [-0.4, -0.2) is 16.1 Å². The van der Waals surface area contributed by atoms with Crippen LogP contribution >= 0.6 is 11.8 Å². The molecule has 1 N–H and O–H groups in total. The van der Waals surface area contributed by atoms with Gasteiger partial charge in [-0.05, 0) is 43.7 Å². The number of nitrogens with zero attached hydrogens (tertiary/aromatic N) is 2. The topological polar surface area (TPSA) is 68.0 Å². The summed E-state index contributed by atoms with van der Waals surface area (Å²) in [6.45, 7) is 4.01. The molecule has 4 rings (SSSR count). The molecule has 5 nitrogen and oxygen atoms in total. The Morgan fingerprint density at radius 3 is 2.45 bits per heavy atom. The zero-order chi connectivity index (χ0) is 21.6. The van der Waals surface area contributed by atoms with E-state index < -0.39 is 0 Å². The minimum atomic E-state index is -0.227. The fourth-order valence-electron chi connectivity index (χ4n) is 3.09. The van der Waals surface area contributed by atoms with Crippen LogP contribution in [0.15, 0.2) is 88.3 Å². The third-order valence-electron chi connectivity index (χ3n) is 4.88. The number of thioether (sulfide) groups is 1. The Bertz CT molecular complexity index is 1140. The van der Waals surface area contributed by atoms with Gasteiger partial charge in [-0.1, -0.05) is 71.9 Å². The van der Waals surface area contributed by atoms with Crippen LogP contribution in [-0.2, 0) is 5.75 Å². The first kappa shape index (κ1) is 20.9. The van der Waals surface area contributed by atoms with Crippen molar-refractivity contribution in [1.29, 1.82) is 0 Å². The second-order valence-corrected chi connectivity index (χ2v) is 8.28. The van der Waals surface area contributed by atoms with Crippen LogP contribution in [0.1, 0.15) is 40.4 Å². The van der Waals surface area contributed by atoms with Crippen LogP contribution in [0.2, 0.25) is 0 Å². The van der Waals surface area contributed by atoms with Gasteiger partial charge in [0.05, 0.1) is 17.5 Å². The van der Waals surface area contributed by atoms with Crippen molar-refractivity contribution in [2.45, 2.75) is 30.7 Å². The summed E-state index contributed by atoms with van der Waals surface area (Å²) in [6.07, 6.45) is 0. The average molecular weight is 430 g/mol. The maximum absolute atomic E-state index is 12.5. The number of hydrogen-bond donors (Lipinski definition) is 1. The lowest BCUT2D eigenvalue weighted by molar-refractivity contribution is 0.0910. The summed E-state index contributed by atoms with van der Waals surface area (Å²) >= 11 is 1.52. The first-order valence-electron chi connectivity index (χ1n) is 10.1. The fourth-order valence-corrected chi connectivity index (χ4v) is 3.80. The molecule has 4 aromatic rings. The molecule has 2 aromatic heterocycles. The van der Waals surface area contributed by atoms with Crippen molar-refractivity contribution >= 4 is 17.7 Å². The summed E-state index contributed by atoms with van der Waals surface area (Å²) in [6, 6.07) is 25.4. The van der Waals surface area contributed by atoms with E-state index in [1.807, 2.05) is 67.6 Å². The van der Waals surface area contributed by atoms with Crippen LogP contribution in [0.5, 0.6) is 0 Å². The van der Waals surface area contributed by atoms with E-state index >= 15 is 0 Å². The summed E-state index contributed by atoms with van der Waals surface area (Å²) in [5, 5.41) is 12.4. The van der Waals surface area contributed by atoms with Crippen LogP contribution in [0.4, 0.5) is 0 Å². The molecule has 0 saturated carbocycles. The average Bonchev–Trinajstić information content (AvgIpc) is 3.28. The number of nitrogens with one attached hydrogen (secondary N) is 1. The molecule has 0 aliphatic carbocycles. The van der Waals surface area contributed by atoms with Gasteiger partial charge in [0.1, 0.15) is 10.8 Å². The molecule has 2 heterocycles. The highest BCUT2D eigenvalue weighted by Gasteiger charge is 2.15. The number of amides is 1. The van der Waals surface area contributed by atoms with Gasteiger partial charge in [0.25, 0.3) is 5.91 Å². The molecule has 0 radical (unpaired) electrons. The Hall–Kier alpha value is -3.38. The zero-order valence-corrected chi connectivity index (χ0v) is 18.2. The molecule has 2 aromatic carbocycles. The van der Waals surface area contributed by atoms with E-state index in [-0.39, 0.29) is 11.9 Å². The van der Waals surface area contributed by atoms with E-state index in [0.29, 0.717) is 17.3 Å². The standard InChI is InChI=1S/C25H23N3O2S/c1-17-8-10-20(11-9-17)22-13-15-24(28-27-22)31-16-21-12-14-23(30-21)25(29)26-18(2)19-6-4-3-5-7-19/h3-15,18H,16H2,1-2H3,(H,26,29)/t18-/m1/s1. The van der Waals surface area contributed by atoms with Crippen molar-refractivity contribution in [3.05, 3.63) is 102 Å². The third-order valence-corrected chi connectivity index (χ3v) is 5.82. The normalized spacial score (nSPS) is 11.8. The minimum Gasteiger partial charge on any atom is -0.455 e. The predicted octanol–water partition coefficient (Wildman–Crippen LogP) is 5.83. The molecular weight excluding hydrogens is 406 g/mol. The molecule has 0 aliphatic rings. The first-order valence-corrected chi connectivity index (χ1v) is 11.0. The van der Waals surface area contributed by atoms with Crippen LogP contribution < -0.4 is 5.32 Å². The van der Waals surface area contributed by atoms with Gasteiger partial charge in [0.15, 0.2) is 5.76 Å². The molecule has 0 spiro atoms. The fraction of sp³-hybridized carbons (Fsp3) is 0.160. The highest BCUT2D eigenvalue weighted by molar-refractivity contribution is 7.98. The Morgan fingerprint density at radius 2 is 1.74 bits per heavy atom. The first-order chi connectivity index (χ1) is 15.1. The van der Waals surface area contributed by atoms with E-state index in [4.69, 9.17) is 4.42 Å². The molecule has 0 saturated heterocycles. The number of aromatic nitrogens is 2. The quantitative estimate of drug-likeness (QED) is 0.375. The molecule has 156 valence electrons. The van der Waals surface area contributed by atoms with Gasteiger partial charge < -0.3 is 9.73 Å². The van der Waals surface area contributed by atoms with E-state index in [0.717, 1.165) is 21.8 Å². The minimum absolute atomic E-state index is 0.0982. The van der Waals surface area contributed by atoms with Crippen LogP contribution in [0.3, 0.4) is 0 Å². The molecular formula is C25H23N3O2S. The maximum Gasteiger partial charge on any atom is 0.287 e. The van der Waals surface area contributed by atoms with Gasteiger partial charge in [0, 0.05) is 5.56 Å². The number of rotatable bonds is 7. The van der Waals surface area contributed by atoms with Crippen molar-refractivity contribution in [3.8, 4) is 11.3 Å². The lowest BCUT2D eigenvalue weighted by Crippen LogP contribution is -2.26. The van der Waals surface area contributed by atoms with Crippen molar-refractivity contribution in [2.75, 3.05) is 0 Å². The lowest BCUT2D eigenvalue weighted by atomic mass is 10.1. The molecule has 0 bridgehead atoms. The largest absolute Gasteiger partial charge is 0.455 e. The Kier molecular flexibility index (Phi) is 6.48. The van der Waals surface area contributed by atoms with Crippen molar-refractivity contribution in [2.24, 2.45) is 0 Å². The molecule has 0 aliphatic heterocycles. The van der Waals surface area contributed by atoms with Crippen molar-refractivity contribution in [3.63, 3.8) is 0 Å². The van der Waals surface area contributed by atoms with Gasteiger partial charge >= 0.3 is 0 Å². The predicted molar refractivity (Wildman–Crippen MR) is 123 cm³/mol. The van der Waals surface area contributed by atoms with Gasteiger partial charge in [-0.15, -0.1) is 10.2 Å². The Labute approximate surface area is 185 Å². The van der Waals surface area contributed by atoms with E-state index in [1.165, 1.54) is 17.3 Å². The number of furan rings is 1. The highest BCUT2D eigenvalue weighted by atomic mass is 32.2.